The molecule has 0 radical (unpaired) electrons. The number of carbonyl (C=O) groups is 3. The highest BCUT2D eigenvalue weighted by Gasteiger charge is 2.29. The summed E-state index contributed by atoms with van der Waals surface area (Å²) in [6, 6.07) is 11.0. The number of nitrogens with one attached hydrogen (secondary N) is 2. The minimum absolute atomic E-state index is 0.155. The number of aromatic nitrogens is 2. The molecule has 8 nitrogen and oxygen atoms in total. The van der Waals surface area contributed by atoms with Crippen LogP contribution >= 0.6 is 0 Å². The quantitative estimate of drug-likeness (QED) is 0.679. The van der Waals surface area contributed by atoms with E-state index < -0.39 is 18.5 Å². The van der Waals surface area contributed by atoms with Gasteiger partial charge in [-0.1, -0.05) is 18.2 Å². The highest BCUT2D eigenvalue weighted by atomic mass is 16.5. The van der Waals surface area contributed by atoms with Gasteiger partial charge in [0, 0.05) is 12.5 Å². The van der Waals surface area contributed by atoms with Gasteiger partial charge in [-0.25, -0.2) is 9.48 Å². The molecule has 2 aromatic rings. The summed E-state index contributed by atoms with van der Waals surface area (Å²) < 4.78 is 6.66. The standard InChI is InChI=1S/C19H22N4O4/c1-2-20-17(24)11-21-18(25)12-27-19(26)16-10-15(13-8-9-13)22-23(16)14-6-4-3-5-7-14/h3-7,10,13H,2,8-9,11-12H2,1H3,(H,20,24)(H,21,25). The summed E-state index contributed by atoms with van der Waals surface area (Å²) in [5.41, 5.74) is 1.88. The minimum atomic E-state index is -0.633. The lowest BCUT2D eigenvalue weighted by Crippen LogP contribution is -2.38. The Morgan fingerprint density at radius 3 is 2.56 bits per heavy atom. The minimum Gasteiger partial charge on any atom is -0.451 e. The number of hydrogen-bond donors (Lipinski definition) is 2. The molecule has 27 heavy (non-hydrogen) atoms. The Hall–Kier alpha value is -3.16. The van der Waals surface area contributed by atoms with E-state index in [-0.39, 0.29) is 18.1 Å². The molecule has 0 spiro atoms. The van der Waals surface area contributed by atoms with Gasteiger partial charge in [-0.15, -0.1) is 0 Å². The summed E-state index contributed by atoms with van der Waals surface area (Å²) in [4.78, 5) is 35.6. The van der Waals surface area contributed by atoms with Crippen molar-refractivity contribution >= 4 is 17.8 Å². The molecule has 1 saturated carbocycles. The molecule has 8 heteroatoms. The van der Waals surface area contributed by atoms with E-state index in [4.69, 9.17) is 4.74 Å². The first-order chi connectivity index (χ1) is 13.1. The highest BCUT2D eigenvalue weighted by molar-refractivity contribution is 5.91. The summed E-state index contributed by atoms with van der Waals surface area (Å²) in [5.74, 6) is -1.09. The second-order valence-electron chi connectivity index (χ2n) is 6.28. The van der Waals surface area contributed by atoms with Crippen LogP contribution < -0.4 is 10.6 Å². The van der Waals surface area contributed by atoms with E-state index in [2.05, 4.69) is 15.7 Å². The van der Waals surface area contributed by atoms with Crippen LogP contribution in [-0.2, 0) is 14.3 Å². The number of esters is 1. The maximum absolute atomic E-state index is 12.5. The van der Waals surface area contributed by atoms with E-state index in [1.165, 1.54) is 0 Å². The summed E-state index contributed by atoms with van der Waals surface area (Å²) in [5, 5.41) is 9.50. The zero-order chi connectivity index (χ0) is 19.2. The molecular formula is C19H22N4O4. The Kier molecular flexibility index (Phi) is 5.85. The van der Waals surface area contributed by atoms with E-state index in [1.807, 2.05) is 30.3 Å². The number of para-hydroxylation sites is 1. The normalized spacial score (nSPS) is 13.1. The fraction of sp³-hybridized carbons (Fsp3) is 0.368. The van der Waals surface area contributed by atoms with Crippen LogP contribution in [0.15, 0.2) is 36.4 Å². The van der Waals surface area contributed by atoms with Gasteiger partial charge >= 0.3 is 5.97 Å². The van der Waals surface area contributed by atoms with Crippen molar-refractivity contribution in [3.8, 4) is 5.69 Å². The predicted molar refractivity (Wildman–Crippen MR) is 97.5 cm³/mol. The first-order valence-electron chi connectivity index (χ1n) is 8.94. The van der Waals surface area contributed by atoms with Crippen molar-refractivity contribution in [3.63, 3.8) is 0 Å². The van der Waals surface area contributed by atoms with E-state index in [1.54, 1.807) is 17.7 Å². The summed E-state index contributed by atoms with van der Waals surface area (Å²) in [6.07, 6.45) is 2.12. The van der Waals surface area contributed by atoms with Gasteiger partial charge < -0.3 is 15.4 Å². The second-order valence-corrected chi connectivity index (χ2v) is 6.28. The SMILES string of the molecule is CCNC(=O)CNC(=O)COC(=O)c1cc(C2CC2)nn1-c1ccccc1. The van der Waals surface area contributed by atoms with E-state index >= 15 is 0 Å². The van der Waals surface area contributed by atoms with Crippen molar-refractivity contribution in [2.75, 3.05) is 19.7 Å². The van der Waals surface area contributed by atoms with Gasteiger partial charge in [0.25, 0.3) is 5.91 Å². The van der Waals surface area contributed by atoms with Crippen molar-refractivity contribution in [1.82, 2.24) is 20.4 Å². The molecule has 1 heterocycles. The van der Waals surface area contributed by atoms with Crippen molar-refractivity contribution in [2.24, 2.45) is 0 Å². The Balaban J connectivity index is 1.64. The van der Waals surface area contributed by atoms with Gasteiger partial charge in [0.15, 0.2) is 12.3 Å². The van der Waals surface area contributed by atoms with Crippen LogP contribution in [0.5, 0.6) is 0 Å². The van der Waals surface area contributed by atoms with Crippen LogP contribution in [0.3, 0.4) is 0 Å². The first-order valence-corrected chi connectivity index (χ1v) is 8.94. The van der Waals surface area contributed by atoms with E-state index in [0.29, 0.717) is 12.5 Å². The number of likely N-dealkylation sites (N-methyl/N-ethyl adjacent to an activating group) is 1. The van der Waals surface area contributed by atoms with Crippen LogP contribution in [0.25, 0.3) is 5.69 Å². The average molecular weight is 370 g/mol. The van der Waals surface area contributed by atoms with Crippen molar-refractivity contribution in [2.45, 2.75) is 25.7 Å². The fourth-order valence-electron chi connectivity index (χ4n) is 2.58. The van der Waals surface area contributed by atoms with Crippen LogP contribution in [0, 0.1) is 0 Å². The van der Waals surface area contributed by atoms with Crippen molar-refractivity contribution in [1.29, 1.82) is 0 Å². The number of benzene rings is 1. The van der Waals surface area contributed by atoms with Crippen LogP contribution in [0.2, 0.25) is 0 Å². The molecule has 1 aliphatic rings. The van der Waals surface area contributed by atoms with Gasteiger partial charge in [0.05, 0.1) is 17.9 Å². The molecule has 3 rings (SSSR count). The molecule has 0 unspecified atom stereocenters. The lowest BCUT2D eigenvalue weighted by atomic mass is 10.2. The maximum Gasteiger partial charge on any atom is 0.357 e. The Labute approximate surface area is 156 Å². The number of hydrogen-bond acceptors (Lipinski definition) is 5. The Morgan fingerprint density at radius 2 is 1.89 bits per heavy atom. The molecule has 0 atom stereocenters. The molecule has 2 amide bonds. The third-order valence-electron chi connectivity index (χ3n) is 4.09. The zero-order valence-corrected chi connectivity index (χ0v) is 15.1. The van der Waals surface area contributed by atoms with E-state index in [0.717, 1.165) is 24.2 Å². The fourth-order valence-corrected chi connectivity index (χ4v) is 2.58. The predicted octanol–water partition coefficient (Wildman–Crippen LogP) is 1.16. The topological polar surface area (TPSA) is 102 Å². The van der Waals surface area contributed by atoms with Crippen LogP contribution in [0.4, 0.5) is 0 Å². The molecular weight excluding hydrogens is 348 g/mol. The third-order valence-corrected chi connectivity index (χ3v) is 4.09. The second kappa shape index (κ2) is 8.48. The molecule has 0 saturated heterocycles. The molecule has 1 aromatic carbocycles. The van der Waals surface area contributed by atoms with Crippen LogP contribution in [-0.4, -0.2) is 47.3 Å². The molecule has 142 valence electrons. The molecule has 1 aromatic heterocycles. The van der Waals surface area contributed by atoms with Gasteiger partial charge in [-0.05, 0) is 38.0 Å². The Morgan fingerprint density at radius 1 is 1.15 bits per heavy atom. The maximum atomic E-state index is 12.5. The average Bonchev–Trinajstić information content (AvgIpc) is 3.44. The number of rotatable bonds is 8. The highest BCUT2D eigenvalue weighted by Crippen LogP contribution is 2.39. The smallest absolute Gasteiger partial charge is 0.357 e. The van der Waals surface area contributed by atoms with Crippen LogP contribution in [0.1, 0.15) is 41.9 Å². The lowest BCUT2D eigenvalue weighted by Gasteiger charge is -2.08. The number of amides is 2. The number of carbonyl (C=O) groups excluding carboxylic acids is 3. The molecule has 0 aliphatic heterocycles. The molecule has 2 N–H and O–H groups in total. The van der Waals surface area contributed by atoms with Crippen molar-refractivity contribution < 1.29 is 19.1 Å². The molecule has 1 aliphatic carbocycles. The summed E-state index contributed by atoms with van der Waals surface area (Å²) in [6.45, 7) is 1.65. The van der Waals surface area contributed by atoms with E-state index in [9.17, 15) is 14.4 Å². The summed E-state index contributed by atoms with van der Waals surface area (Å²) in [7, 11) is 0. The zero-order valence-electron chi connectivity index (χ0n) is 15.1. The Bertz CT molecular complexity index is 827. The lowest BCUT2D eigenvalue weighted by molar-refractivity contribution is -0.127. The summed E-state index contributed by atoms with van der Waals surface area (Å²) >= 11 is 0. The largest absolute Gasteiger partial charge is 0.451 e. The van der Waals surface area contributed by atoms with Gasteiger partial charge in [-0.3, -0.25) is 9.59 Å². The van der Waals surface area contributed by atoms with Crippen molar-refractivity contribution in [3.05, 3.63) is 47.8 Å². The molecule has 1 fully saturated rings. The number of ether oxygens (including phenoxy) is 1. The number of nitrogens with zero attached hydrogens (tertiary/aromatic N) is 2. The first kappa shape index (κ1) is 18.6. The van der Waals surface area contributed by atoms with Gasteiger partial charge in [0.2, 0.25) is 5.91 Å². The third kappa shape index (κ3) is 4.93. The monoisotopic (exact) mass is 370 g/mol. The van der Waals surface area contributed by atoms with Gasteiger partial charge in [0.1, 0.15) is 0 Å². The van der Waals surface area contributed by atoms with Gasteiger partial charge in [-0.2, -0.15) is 5.10 Å². The molecule has 0 bridgehead atoms.